The third kappa shape index (κ3) is 4.62. The first kappa shape index (κ1) is 18.4. The molecule has 0 spiro atoms. The summed E-state index contributed by atoms with van der Waals surface area (Å²) in [5, 5.41) is 6.24. The van der Waals surface area contributed by atoms with Crippen LogP contribution in [0, 0.1) is 0 Å². The molecule has 0 bridgehead atoms. The van der Waals surface area contributed by atoms with Crippen LogP contribution in [0.25, 0.3) is 0 Å². The molecule has 1 aromatic heterocycles. The number of amides is 1. The van der Waals surface area contributed by atoms with Gasteiger partial charge in [-0.3, -0.25) is 4.79 Å². The molecule has 0 radical (unpaired) electrons. The molecule has 3 aromatic rings. The van der Waals surface area contributed by atoms with Gasteiger partial charge in [0.15, 0.2) is 0 Å². The summed E-state index contributed by atoms with van der Waals surface area (Å²) in [6.45, 7) is 0. The van der Waals surface area contributed by atoms with Gasteiger partial charge in [-0.2, -0.15) is 0 Å². The fourth-order valence-corrected chi connectivity index (χ4v) is 2.57. The summed E-state index contributed by atoms with van der Waals surface area (Å²) in [6.07, 6.45) is 1.59. The van der Waals surface area contributed by atoms with Crippen LogP contribution in [-0.2, 0) is 4.74 Å². The average molecular weight is 382 g/mol. The van der Waals surface area contributed by atoms with Gasteiger partial charge in [0, 0.05) is 5.69 Å². The molecule has 2 aromatic carbocycles. The van der Waals surface area contributed by atoms with E-state index in [1.165, 1.54) is 7.11 Å². The van der Waals surface area contributed by atoms with Gasteiger partial charge in [0.2, 0.25) is 0 Å². The van der Waals surface area contributed by atoms with E-state index in [0.717, 1.165) is 11.4 Å². The molecule has 136 valence electrons. The number of esters is 1. The van der Waals surface area contributed by atoms with Gasteiger partial charge in [0.05, 0.1) is 35.1 Å². The Morgan fingerprint density at radius 3 is 2.30 bits per heavy atom. The van der Waals surface area contributed by atoms with Crippen LogP contribution in [0.4, 0.5) is 17.2 Å². The van der Waals surface area contributed by atoms with Crippen molar-refractivity contribution in [2.24, 2.45) is 0 Å². The van der Waals surface area contributed by atoms with E-state index in [1.54, 1.807) is 66.9 Å². The number of ether oxygens (including phenoxy) is 1. The molecule has 0 aliphatic carbocycles. The van der Waals surface area contributed by atoms with Gasteiger partial charge in [0.1, 0.15) is 5.82 Å². The number of hydrogen-bond acceptors (Lipinski definition) is 5. The molecule has 6 nitrogen and oxygen atoms in total. The second-order valence-corrected chi connectivity index (χ2v) is 5.97. The lowest BCUT2D eigenvalue weighted by Crippen LogP contribution is -2.13. The van der Waals surface area contributed by atoms with Crippen LogP contribution >= 0.6 is 11.6 Å². The number of carbonyl (C=O) groups is 2. The molecule has 1 heterocycles. The van der Waals surface area contributed by atoms with E-state index in [-0.39, 0.29) is 11.9 Å². The largest absolute Gasteiger partial charge is 0.465 e. The van der Waals surface area contributed by atoms with Crippen molar-refractivity contribution in [3.8, 4) is 0 Å². The third-order valence-corrected chi connectivity index (χ3v) is 4.05. The van der Waals surface area contributed by atoms with Crippen LogP contribution in [-0.4, -0.2) is 24.0 Å². The van der Waals surface area contributed by atoms with Gasteiger partial charge < -0.3 is 15.4 Å². The number of carbonyl (C=O) groups excluding carboxylic acids is 2. The predicted molar refractivity (Wildman–Crippen MR) is 105 cm³/mol. The minimum atomic E-state index is -0.387. The number of methoxy groups -OCH3 is 1. The summed E-state index contributed by atoms with van der Waals surface area (Å²) in [7, 11) is 1.34. The maximum Gasteiger partial charge on any atom is 0.337 e. The van der Waals surface area contributed by atoms with Crippen LogP contribution in [0.5, 0.6) is 0 Å². The van der Waals surface area contributed by atoms with Gasteiger partial charge in [-0.25, -0.2) is 9.78 Å². The van der Waals surface area contributed by atoms with E-state index >= 15 is 0 Å². The molecule has 0 aliphatic heterocycles. The van der Waals surface area contributed by atoms with E-state index < -0.39 is 0 Å². The highest BCUT2D eigenvalue weighted by Gasteiger charge is 2.10. The summed E-state index contributed by atoms with van der Waals surface area (Å²) >= 11 is 6.02. The number of pyridine rings is 1. The summed E-state index contributed by atoms with van der Waals surface area (Å²) < 4.78 is 4.67. The number of nitrogens with zero attached hydrogens (tertiary/aromatic N) is 1. The van der Waals surface area contributed by atoms with E-state index in [9.17, 15) is 9.59 Å². The number of nitrogens with one attached hydrogen (secondary N) is 2. The van der Waals surface area contributed by atoms with Gasteiger partial charge in [-0.05, 0) is 48.5 Å². The summed E-state index contributed by atoms with van der Waals surface area (Å²) in [6, 6.07) is 17.1. The average Bonchev–Trinajstić information content (AvgIpc) is 2.69. The van der Waals surface area contributed by atoms with Crippen LogP contribution in [0.2, 0.25) is 5.02 Å². The molecule has 0 saturated heterocycles. The molecule has 0 unspecified atom stereocenters. The van der Waals surface area contributed by atoms with Crippen LogP contribution in [0.15, 0.2) is 66.9 Å². The molecule has 0 atom stereocenters. The highest BCUT2D eigenvalue weighted by Crippen LogP contribution is 2.19. The zero-order valence-corrected chi connectivity index (χ0v) is 15.2. The van der Waals surface area contributed by atoms with E-state index in [2.05, 4.69) is 20.4 Å². The highest BCUT2D eigenvalue weighted by atomic mass is 35.5. The lowest BCUT2D eigenvalue weighted by molar-refractivity contribution is 0.0600. The van der Waals surface area contributed by atoms with Crippen molar-refractivity contribution < 1.29 is 14.3 Å². The molecule has 0 aliphatic rings. The van der Waals surface area contributed by atoms with Gasteiger partial charge >= 0.3 is 5.97 Å². The summed E-state index contributed by atoms with van der Waals surface area (Å²) in [4.78, 5) is 27.9. The molecule has 2 N–H and O–H groups in total. The smallest absolute Gasteiger partial charge is 0.337 e. The quantitative estimate of drug-likeness (QED) is 0.635. The predicted octanol–water partition coefficient (Wildman–Crippen LogP) is 4.52. The number of benzene rings is 2. The summed E-state index contributed by atoms with van der Waals surface area (Å²) in [5.41, 5.74) is 2.38. The Morgan fingerprint density at radius 2 is 1.67 bits per heavy atom. The maximum atomic E-state index is 12.2. The standard InChI is InChI=1S/C20H16ClN3O3/c1-27-20(26)13-6-8-14(9-7-13)23-15-10-11-18(22-12-15)24-19(25)16-4-2-3-5-17(16)21/h2-12,23H,1H3,(H,22,24,25). The minimum Gasteiger partial charge on any atom is -0.465 e. The zero-order valence-electron chi connectivity index (χ0n) is 14.4. The Kier molecular flexibility index (Phi) is 5.68. The van der Waals surface area contributed by atoms with Crippen molar-refractivity contribution in [2.45, 2.75) is 0 Å². The van der Waals surface area contributed by atoms with Crippen molar-refractivity contribution in [3.05, 3.63) is 83.0 Å². The molecule has 27 heavy (non-hydrogen) atoms. The van der Waals surface area contributed by atoms with Crippen LogP contribution in [0.3, 0.4) is 0 Å². The Balaban J connectivity index is 1.64. The Bertz CT molecular complexity index is 957. The fraction of sp³-hybridized carbons (Fsp3) is 0.0500. The lowest BCUT2D eigenvalue weighted by Gasteiger charge is -2.09. The first-order valence-corrected chi connectivity index (χ1v) is 8.42. The minimum absolute atomic E-state index is 0.327. The number of halogens is 1. The van der Waals surface area contributed by atoms with E-state index in [4.69, 9.17) is 11.6 Å². The van der Waals surface area contributed by atoms with Crippen molar-refractivity contribution in [1.29, 1.82) is 0 Å². The molecule has 0 fully saturated rings. The first-order valence-electron chi connectivity index (χ1n) is 8.04. The third-order valence-electron chi connectivity index (χ3n) is 3.72. The normalized spacial score (nSPS) is 10.1. The molecule has 3 rings (SSSR count). The first-order chi connectivity index (χ1) is 13.1. The van der Waals surface area contributed by atoms with E-state index in [1.807, 2.05) is 0 Å². The second-order valence-electron chi connectivity index (χ2n) is 5.56. The topological polar surface area (TPSA) is 80.3 Å². The molecular weight excluding hydrogens is 366 g/mol. The number of rotatable bonds is 5. The van der Waals surface area contributed by atoms with Crippen LogP contribution in [0.1, 0.15) is 20.7 Å². The molecule has 1 amide bonds. The van der Waals surface area contributed by atoms with Gasteiger partial charge in [-0.1, -0.05) is 23.7 Å². The second kappa shape index (κ2) is 8.33. The molecule has 7 heteroatoms. The Morgan fingerprint density at radius 1 is 0.963 bits per heavy atom. The molecular formula is C20H16ClN3O3. The van der Waals surface area contributed by atoms with Gasteiger partial charge in [0.25, 0.3) is 5.91 Å². The monoisotopic (exact) mass is 381 g/mol. The molecule has 0 saturated carbocycles. The van der Waals surface area contributed by atoms with Gasteiger partial charge in [-0.15, -0.1) is 0 Å². The van der Waals surface area contributed by atoms with E-state index in [0.29, 0.717) is 22.0 Å². The maximum absolute atomic E-state index is 12.2. The summed E-state index contributed by atoms with van der Waals surface area (Å²) in [5.74, 6) is -0.305. The van der Waals surface area contributed by atoms with Crippen LogP contribution < -0.4 is 10.6 Å². The SMILES string of the molecule is COC(=O)c1ccc(Nc2ccc(NC(=O)c3ccccc3Cl)nc2)cc1. The number of aromatic nitrogens is 1. The Labute approximate surface area is 161 Å². The fourth-order valence-electron chi connectivity index (χ4n) is 2.34. The number of hydrogen-bond donors (Lipinski definition) is 2. The number of anilines is 3. The van der Waals surface area contributed by atoms with Crippen molar-refractivity contribution in [1.82, 2.24) is 4.98 Å². The van der Waals surface area contributed by atoms with Crippen molar-refractivity contribution >= 4 is 40.7 Å². The highest BCUT2D eigenvalue weighted by molar-refractivity contribution is 6.34. The lowest BCUT2D eigenvalue weighted by atomic mass is 10.2. The van der Waals surface area contributed by atoms with Crippen molar-refractivity contribution in [3.63, 3.8) is 0 Å². The zero-order chi connectivity index (χ0) is 19.2. The Hall–Kier alpha value is -3.38. The van der Waals surface area contributed by atoms with Crippen molar-refractivity contribution in [2.75, 3.05) is 17.7 Å².